The summed E-state index contributed by atoms with van der Waals surface area (Å²) in [5.41, 5.74) is 12.2. The van der Waals surface area contributed by atoms with Crippen LogP contribution in [-0.4, -0.2) is 4.57 Å². The van der Waals surface area contributed by atoms with Gasteiger partial charge in [0.2, 0.25) is 0 Å². The fraction of sp³-hybridized carbons (Fsp3) is 0.0833. The molecule has 2 aromatic heterocycles. The minimum absolute atomic E-state index is 0.109. The Morgan fingerprint density at radius 2 is 1.29 bits per heavy atom. The minimum atomic E-state index is 0.109. The van der Waals surface area contributed by atoms with E-state index in [1.165, 1.54) is 81.0 Å². The Labute approximate surface area is 302 Å². The van der Waals surface area contributed by atoms with Crippen molar-refractivity contribution in [1.29, 1.82) is 0 Å². The predicted octanol–water partition coefficient (Wildman–Crippen LogP) is 13.6. The highest BCUT2D eigenvalue weighted by Crippen LogP contribution is 2.42. The van der Waals surface area contributed by atoms with E-state index in [-0.39, 0.29) is 6.04 Å². The molecule has 51 heavy (non-hydrogen) atoms. The molecular formula is C48H38N2S. The van der Waals surface area contributed by atoms with Crippen LogP contribution < -0.4 is 5.32 Å². The molecule has 0 saturated carbocycles. The van der Waals surface area contributed by atoms with Crippen molar-refractivity contribution in [3.8, 4) is 27.9 Å². The van der Waals surface area contributed by atoms with Crippen LogP contribution in [0.3, 0.4) is 0 Å². The second kappa shape index (κ2) is 13.1. The van der Waals surface area contributed by atoms with Gasteiger partial charge in [-0.05, 0) is 83.1 Å². The zero-order chi connectivity index (χ0) is 34.3. The Kier molecular flexibility index (Phi) is 7.99. The lowest BCUT2D eigenvalue weighted by Gasteiger charge is -2.20. The van der Waals surface area contributed by atoms with Crippen LogP contribution in [0.4, 0.5) is 0 Å². The van der Waals surface area contributed by atoms with E-state index in [9.17, 15) is 0 Å². The first kappa shape index (κ1) is 31.1. The number of fused-ring (bicyclic) bond motifs is 6. The van der Waals surface area contributed by atoms with Gasteiger partial charge in [-0.1, -0.05) is 140 Å². The second-order valence-electron chi connectivity index (χ2n) is 13.3. The smallest absolute Gasteiger partial charge is 0.0541 e. The number of benzene rings is 7. The molecule has 0 spiro atoms. The van der Waals surface area contributed by atoms with Crippen LogP contribution >= 0.6 is 11.3 Å². The SMILES string of the molecule is CC/C=C(\NC(C)c1cccc(-n2c3ccccc3c3cc(-c4cccc5c4sc4ccccc45)ccc32)c1)c1ccc(-c2ccccc2)cc1. The highest BCUT2D eigenvalue weighted by molar-refractivity contribution is 7.26. The third-order valence-electron chi connectivity index (χ3n) is 10.1. The molecule has 1 N–H and O–H groups in total. The van der Waals surface area contributed by atoms with Crippen LogP contribution in [0.2, 0.25) is 0 Å². The van der Waals surface area contributed by atoms with Gasteiger partial charge in [0.1, 0.15) is 0 Å². The minimum Gasteiger partial charge on any atom is -0.378 e. The van der Waals surface area contributed by atoms with Gasteiger partial charge in [-0.2, -0.15) is 0 Å². The normalized spacial score (nSPS) is 12.6. The van der Waals surface area contributed by atoms with Crippen LogP contribution in [0.15, 0.2) is 170 Å². The Balaban J connectivity index is 1.07. The summed E-state index contributed by atoms with van der Waals surface area (Å²) in [6.07, 6.45) is 3.25. The number of rotatable bonds is 8. The second-order valence-corrected chi connectivity index (χ2v) is 14.3. The zero-order valence-corrected chi connectivity index (χ0v) is 29.6. The van der Waals surface area contributed by atoms with Gasteiger partial charge in [0, 0.05) is 48.4 Å². The summed E-state index contributed by atoms with van der Waals surface area (Å²) >= 11 is 1.89. The molecule has 0 aliphatic rings. The maximum absolute atomic E-state index is 3.86. The Hall–Kier alpha value is -5.90. The Morgan fingerprint density at radius 3 is 2.14 bits per heavy atom. The van der Waals surface area contributed by atoms with Crippen molar-refractivity contribution in [1.82, 2.24) is 9.88 Å². The molecule has 2 nitrogen and oxygen atoms in total. The van der Waals surface area contributed by atoms with Crippen molar-refractivity contribution in [3.63, 3.8) is 0 Å². The van der Waals surface area contributed by atoms with E-state index < -0.39 is 0 Å². The van der Waals surface area contributed by atoms with Gasteiger partial charge in [0.25, 0.3) is 0 Å². The van der Waals surface area contributed by atoms with Gasteiger partial charge >= 0.3 is 0 Å². The summed E-state index contributed by atoms with van der Waals surface area (Å²) in [7, 11) is 0. The number of nitrogens with zero attached hydrogens (tertiary/aromatic N) is 1. The van der Waals surface area contributed by atoms with Gasteiger partial charge in [-0.3, -0.25) is 0 Å². The van der Waals surface area contributed by atoms with E-state index in [2.05, 4.69) is 194 Å². The molecule has 0 aliphatic carbocycles. The highest BCUT2D eigenvalue weighted by atomic mass is 32.1. The molecule has 2 heterocycles. The molecule has 0 bridgehead atoms. The summed E-state index contributed by atoms with van der Waals surface area (Å²) < 4.78 is 5.11. The highest BCUT2D eigenvalue weighted by Gasteiger charge is 2.17. The van der Waals surface area contributed by atoms with Crippen LogP contribution in [0.1, 0.15) is 37.4 Å². The lowest BCUT2D eigenvalue weighted by atomic mass is 10.0. The van der Waals surface area contributed by atoms with Gasteiger partial charge in [0.05, 0.1) is 11.0 Å². The number of aromatic nitrogens is 1. The molecule has 9 rings (SSSR count). The van der Waals surface area contributed by atoms with Gasteiger partial charge in [0.15, 0.2) is 0 Å². The average Bonchev–Trinajstić information content (AvgIpc) is 3.74. The molecule has 0 saturated heterocycles. The fourth-order valence-electron chi connectivity index (χ4n) is 7.58. The maximum Gasteiger partial charge on any atom is 0.0541 e. The summed E-state index contributed by atoms with van der Waals surface area (Å²) in [6.45, 7) is 4.45. The van der Waals surface area contributed by atoms with E-state index >= 15 is 0 Å². The number of thiophene rings is 1. The predicted molar refractivity (Wildman–Crippen MR) is 221 cm³/mol. The first-order chi connectivity index (χ1) is 25.2. The van der Waals surface area contributed by atoms with E-state index in [1.807, 2.05) is 11.3 Å². The first-order valence-electron chi connectivity index (χ1n) is 17.8. The molecule has 7 aromatic carbocycles. The number of allylic oxidation sites excluding steroid dienone is 1. The van der Waals surface area contributed by atoms with Crippen molar-refractivity contribution in [2.45, 2.75) is 26.3 Å². The summed E-state index contributed by atoms with van der Waals surface area (Å²) in [5, 5.41) is 9.06. The van der Waals surface area contributed by atoms with Crippen molar-refractivity contribution < 1.29 is 0 Å². The number of para-hydroxylation sites is 1. The van der Waals surface area contributed by atoms with Crippen LogP contribution in [-0.2, 0) is 0 Å². The van der Waals surface area contributed by atoms with E-state index in [0.29, 0.717) is 0 Å². The largest absolute Gasteiger partial charge is 0.378 e. The molecule has 0 aliphatic heterocycles. The molecule has 9 aromatic rings. The maximum atomic E-state index is 3.86. The molecule has 0 amide bonds. The zero-order valence-electron chi connectivity index (χ0n) is 28.8. The standard InChI is InChI=1S/C48H38N2S/c1-3-13-44(35-26-24-34(25-27-35)33-14-5-4-6-15-33)49-32(2)36-16-11-17-38(30-36)50-45-22-9-7-18-40(45)43-31-37(28-29-46(43)50)39-20-12-21-42-41-19-8-10-23-47(41)51-48(39)42/h4-32,49H,3H2,1-2H3/b44-13-. The summed E-state index contributed by atoms with van der Waals surface area (Å²) in [5.74, 6) is 0. The molecule has 1 atom stereocenters. The number of hydrogen-bond donors (Lipinski definition) is 1. The van der Waals surface area contributed by atoms with Crippen molar-refractivity contribution in [2.75, 3.05) is 0 Å². The Bertz CT molecular complexity index is 2710. The third kappa shape index (κ3) is 5.60. The molecule has 0 radical (unpaired) electrons. The average molecular weight is 675 g/mol. The molecular weight excluding hydrogens is 637 g/mol. The molecule has 0 fully saturated rings. The number of nitrogens with one attached hydrogen (secondary N) is 1. The molecule has 3 heteroatoms. The third-order valence-corrected chi connectivity index (χ3v) is 11.3. The monoisotopic (exact) mass is 674 g/mol. The van der Waals surface area contributed by atoms with Crippen LogP contribution in [0.25, 0.3) is 75.6 Å². The van der Waals surface area contributed by atoms with Crippen molar-refractivity contribution >= 4 is 59.0 Å². The van der Waals surface area contributed by atoms with Crippen molar-refractivity contribution in [3.05, 3.63) is 181 Å². The first-order valence-corrected chi connectivity index (χ1v) is 18.6. The summed E-state index contributed by atoms with van der Waals surface area (Å²) in [4.78, 5) is 0. The lowest BCUT2D eigenvalue weighted by molar-refractivity contribution is 0.699. The van der Waals surface area contributed by atoms with Crippen molar-refractivity contribution in [2.24, 2.45) is 0 Å². The van der Waals surface area contributed by atoms with E-state index in [4.69, 9.17) is 0 Å². The number of hydrogen-bond acceptors (Lipinski definition) is 2. The summed E-state index contributed by atoms with van der Waals surface area (Å²) in [6, 6.07) is 59.9. The van der Waals surface area contributed by atoms with E-state index in [0.717, 1.165) is 12.1 Å². The van der Waals surface area contributed by atoms with Crippen LogP contribution in [0, 0.1) is 0 Å². The van der Waals surface area contributed by atoms with Gasteiger partial charge < -0.3 is 9.88 Å². The van der Waals surface area contributed by atoms with Gasteiger partial charge in [-0.25, -0.2) is 0 Å². The quantitative estimate of drug-likeness (QED) is 0.170. The van der Waals surface area contributed by atoms with E-state index in [1.54, 1.807) is 0 Å². The van der Waals surface area contributed by atoms with Crippen LogP contribution in [0.5, 0.6) is 0 Å². The van der Waals surface area contributed by atoms with Gasteiger partial charge in [-0.15, -0.1) is 11.3 Å². The fourth-order valence-corrected chi connectivity index (χ4v) is 8.82. The lowest BCUT2D eigenvalue weighted by Crippen LogP contribution is -2.17. The molecule has 246 valence electrons. The topological polar surface area (TPSA) is 17.0 Å². The Morgan fingerprint density at radius 1 is 0.608 bits per heavy atom. The molecule has 1 unspecified atom stereocenters.